The Balaban J connectivity index is 1.30. The largest absolute Gasteiger partial charge is 0.497 e. The van der Waals surface area contributed by atoms with Gasteiger partial charge < -0.3 is 29.3 Å². The van der Waals surface area contributed by atoms with Crippen LogP contribution in [0.25, 0.3) is 10.8 Å². The van der Waals surface area contributed by atoms with Gasteiger partial charge in [-0.2, -0.15) is 0 Å². The fourth-order valence-corrected chi connectivity index (χ4v) is 9.03. The van der Waals surface area contributed by atoms with Crippen molar-refractivity contribution in [3.05, 3.63) is 149 Å². The molecule has 296 valence electrons. The van der Waals surface area contributed by atoms with Gasteiger partial charge in [0.15, 0.2) is 5.78 Å². The number of benzene rings is 5. The Morgan fingerprint density at radius 2 is 1.58 bits per heavy atom. The van der Waals surface area contributed by atoms with E-state index in [1.54, 1.807) is 31.3 Å². The highest BCUT2D eigenvalue weighted by Crippen LogP contribution is 2.59. The number of carbonyl (C=O) groups excluding carboxylic acids is 2. The van der Waals surface area contributed by atoms with Crippen LogP contribution in [0.1, 0.15) is 90.9 Å². The van der Waals surface area contributed by atoms with Crippen LogP contribution < -0.4 is 14.2 Å². The maximum Gasteiger partial charge on any atom is 0.415 e. The lowest BCUT2D eigenvalue weighted by Gasteiger charge is -2.46. The topological polar surface area (TPSA) is 106 Å². The van der Waals surface area contributed by atoms with E-state index in [0.29, 0.717) is 66.9 Å². The molecule has 4 atom stereocenters. The minimum atomic E-state index is -1.37. The molecule has 3 aliphatic carbocycles. The lowest BCUT2D eigenvalue weighted by atomic mass is 9.64. The van der Waals surface area contributed by atoms with Crippen molar-refractivity contribution in [2.75, 3.05) is 20.8 Å². The van der Waals surface area contributed by atoms with Crippen LogP contribution in [-0.4, -0.2) is 59.5 Å². The van der Waals surface area contributed by atoms with Crippen molar-refractivity contribution in [1.29, 1.82) is 0 Å². The van der Waals surface area contributed by atoms with Crippen LogP contribution in [-0.2, 0) is 13.0 Å². The van der Waals surface area contributed by atoms with Gasteiger partial charge in [-0.25, -0.2) is 4.79 Å². The van der Waals surface area contributed by atoms with Gasteiger partial charge in [-0.15, -0.1) is 0 Å². The quantitative estimate of drug-likeness (QED) is 0.114. The number of nitrogens with zero attached hydrogens (tertiary/aromatic N) is 1. The third kappa shape index (κ3) is 8.48. The zero-order chi connectivity index (χ0) is 40.2. The van der Waals surface area contributed by atoms with E-state index in [1.807, 2.05) is 97.1 Å². The van der Waals surface area contributed by atoms with Crippen molar-refractivity contribution in [2.24, 2.45) is 5.41 Å². The van der Waals surface area contributed by atoms with Crippen molar-refractivity contribution >= 4 is 22.6 Å². The van der Waals surface area contributed by atoms with Crippen molar-refractivity contribution < 1.29 is 34.0 Å². The third-order valence-electron chi connectivity index (χ3n) is 12.4. The van der Waals surface area contributed by atoms with Crippen LogP contribution >= 0.6 is 0 Å². The fourth-order valence-electron chi connectivity index (χ4n) is 9.03. The summed E-state index contributed by atoms with van der Waals surface area (Å²) in [6.07, 6.45) is 5.18. The van der Waals surface area contributed by atoms with E-state index in [9.17, 15) is 19.8 Å². The van der Waals surface area contributed by atoms with E-state index in [4.69, 9.17) is 14.2 Å². The minimum Gasteiger partial charge on any atom is -0.497 e. The summed E-state index contributed by atoms with van der Waals surface area (Å²) in [5, 5.41) is 26.2. The van der Waals surface area contributed by atoms with Gasteiger partial charge in [0, 0.05) is 28.2 Å². The van der Waals surface area contributed by atoms with Crippen LogP contribution in [0, 0.1) is 5.41 Å². The van der Waals surface area contributed by atoms with Gasteiger partial charge in [-0.05, 0) is 110 Å². The lowest BCUT2D eigenvalue weighted by molar-refractivity contribution is -0.0802. The van der Waals surface area contributed by atoms with Gasteiger partial charge in [0.1, 0.15) is 17.2 Å². The van der Waals surface area contributed by atoms with Crippen molar-refractivity contribution in [3.8, 4) is 17.2 Å². The molecule has 4 unspecified atom stereocenters. The molecule has 8 heteroatoms. The SMILES string of the molecule is COc1ccc(CN(CC2(O)CCC3c4ccc(cc4C(=O)c4ccccc4)CC(O)CCC(C)=CCCC32C)C(=O)Oc2ccc3ccccc3c2)c(OC)c1. The first-order valence-electron chi connectivity index (χ1n) is 20.0. The number of aliphatic hydroxyl groups is 2. The average Bonchev–Trinajstić information content (AvgIpc) is 3.48. The molecule has 5 aromatic carbocycles. The summed E-state index contributed by atoms with van der Waals surface area (Å²) < 4.78 is 17.3. The zero-order valence-corrected chi connectivity index (χ0v) is 33.4. The number of methoxy groups -OCH3 is 2. The number of aliphatic hydroxyl groups excluding tert-OH is 1. The number of allylic oxidation sites excluding steroid dienone is 2. The maximum atomic E-state index is 14.5. The molecule has 1 amide bonds. The Hall–Kier alpha value is -5.44. The predicted octanol–water partition coefficient (Wildman–Crippen LogP) is 9.83. The lowest BCUT2D eigenvalue weighted by Crippen LogP contribution is -2.54. The smallest absolute Gasteiger partial charge is 0.415 e. The second-order valence-electron chi connectivity index (χ2n) is 16.1. The number of fused-ring (bicyclic) bond motifs is 9. The van der Waals surface area contributed by atoms with Crippen molar-refractivity contribution in [3.63, 3.8) is 0 Å². The Labute approximate surface area is 335 Å². The van der Waals surface area contributed by atoms with Crippen molar-refractivity contribution in [1.82, 2.24) is 4.90 Å². The highest BCUT2D eigenvalue weighted by molar-refractivity contribution is 6.10. The molecular weight excluding hydrogens is 715 g/mol. The van der Waals surface area contributed by atoms with Crippen LogP contribution in [0.2, 0.25) is 0 Å². The predicted molar refractivity (Wildman–Crippen MR) is 223 cm³/mol. The van der Waals surface area contributed by atoms with Crippen LogP contribution in [0.5, 0.6) is 17.2 Å². The fraction of sp³-hybridized carbons (Fsp3) is 0.347. The first-order valence-corrected chi connectivity index (χ1v) is 20.0. The van der Waals surface area contributed by atoms with Gasteiger partial charge in [0.2, 0.25) is 0 Å². The summed E-state index contributed by atoms with van der Waals surface area (Å²) in [5.74, 6) is 1.27. The standard InChI is InChI=1S/C49H53NO7/c1-33-11-10-25-48(2)44(42-23-17-34(27-39(51)20-16-33)28-43(42)46(52)36-13-6-5-7-14-36)24-26-49(48,54)32-50(31-38-19-21-40(55-3)30-45(38)56-4)47(53)57-41-22-18-35-12-8-9-15-37(35)29-41/h5-9,11-15,17-19,21-23,28-30,39,44,51,54H,10,16,20,24-27,31-32H2,1-4H3. The molecular formula is C49H53NO7. The second-order valence-corrected chi connectivity index (χ2v) is 16.1. The Kier molecular flexibility index (Phi) is 11.8. The Morgan fingerprint density at radius 1 is 0.825 bits per heavy atom. The summed E-state index contributed by atoms with van der Waals surface area (Å²) in [6.45, 7) is 4.30. The van der Waals surface area contributed by atoms with Gasteiger partial charge in [0.05, 0.1) is 39.0 Å². The van der Waals surface area contributed by atoms with E-state index >= 15 is 0 Å². The number of hydrogen-bond acceptors (Lipinski definition) is 7. The van der Waals surface area contributed by atoms with Gasteiger partial charge in [-0.3, -0.25) is 4.79 Å². The monoisotopic (exact) mass is 767 g/mol. The molecule has 0 radical (unpaired) electrons. The molecule has 0 saturated heterocycles. The molecule has 3 aliphatic rings. The summed E-state index contributed by atoms with van der Waals surface area (Å²) >= 11 is 0. The molecule has 0 aromatic heterocycles. The molecule has 8 rings (SSSR count). The van der Waals surface area contributed by atoms with E-state index in [0.717, 1.165) is 33.9 Å². The van der Waals surface area contributed by atoms with Crippen LogP contribution in [0.3, 0.4) is 0 Å². The molecule has 8 nitrogen and oxygen atoms in total. The molecule has 0 heterocycles. The zero-order valence-electron chi connectivity index (χ0n) is 33.4. The maximum absolute atomic E-state index is 14.5. The highest BCUT2D eigenvalue weighted by Gasteiger charge is 2.58. The Bertz CT molecular complexity index is 2270. The van der Waals surface area contributed by atoms with E-state index in [-0.39, 0.29) is 24.8 Å². The summed E-state index contributed by atoms with van der Waals surface area (Å²) in [6, 6.07) is 34.2. The number of ketones is 1. The Morgan fingerprint density at radius 3 is 2.35 bits per heavy atom. The number of ether oxygens (including phenoxy) is 3. The summed E-state index contributed by atoms with van der Waals surface area (Å²) in [4.78, 5) is 30.4. The molecule has 0 aliphatic heterocycles. The molecule has 1 fully saturated rings. The van der Waals surface area contributed by atoms with Crippen LogP contribution in [0.15, 0.2) is 121 Å². The van der Waals surface area contributed by atoms with E-state index in [2.05, 4.69) is 19.9 Å². The molecule has 2 bridgehead atoms. The second kappa shape index (κ2) is 17.0. The molecule has 2 N–H and O–H groups in total. The van der Waals surface area contributed by atoms with Crippen molar-refractivity contribution in [2.45, 2.75) is 83.0 Å². The van der Waals surface area contributed by atoms with Gasteiger partial charge >= 0.3 is 6.09 Å². The number of carbonyl (C=O) groups is 2. The number of hydrogen-bond donors (Lipinski definition) is 2. The summed E-state index contributed by atoms with van der Waals surface area (Å²) in [7, 11) is 3.17. The van der Waals surface area contributed by atoms with Gasteiger partial charge in [0.25, 0.3) is 0 Å². The first kappa shape index (κ1) is 39.8. The van der Waals surface area contributed by atoms with E-state index < -0.39 is 23.2 Å². The average molecular weight is 768 g/mol. The number of amides is 1. The van der Waals surface area contributed by atoms with E-state index in [1.165, 1.54) is 5.57 Å². The molecule has 1 saturated carbocycles. The normalized spacial score (nSPS) is 22.2. The minimum absolute atomic E-state index is 0.0173. The third-order valence-corrected chi connectivity index (χ3v) is 12.4. The molecule has 5 aromatic rings. The molecule has 0 spiro atoms. The first-order chi connectivity index (χ1) is 27.5. The van der Waals surface area contributed by atoms with Gasteiger partial charge in [-0.1, -0.05) is 91.4 Å². The number of rotatable bonds is 9. The molecule has 57 heavy (non-hydrogen) atoms. The summed E-state index contributed by atoms with van der Waals surface area (Å²) in [5.41, 5.74) is 2.72. The highest BCUT2D eigenvalue weighted by atomic mass is 16.6. The van der Waals surface area contributed by atoms with Crippen LogP contribution in [0.4, 0.5) is 4.79 Å².